The van der Waals surface area contributed by atoms with Crippen molar-refractivity contribution in [1.29, 1.82) is 0 Å². The molecule has 0 bridgehead atoms. The zero-order chi connectivity index (χ0) is 24.3. The van der Waals surface area contributed by atoms with Crippen LogP contribution in [0.2, 0.25) is 0 Å². The van der Waals surface area contributed by atoms with E-state index in [1.807, 2.05) is 91.0 Å². The minimum absolute atomic E-state index is 0.270. The van der Waals surface area contributed by atoms with Crippen molar-refractivity contribution < 1.29 is 28.8 Å². The van der Waals surface area contributed by atoms with Crippen LogP contribution in [-0.2, 0) is 43.5 Å². The monoisotopic (exact) mass is 478 g/mol. The van der Waals surface area contributed by atoms with Crippen LogP contribution in [0.4, 0.5) is 0 Å². The first-order chi connectivity index (χ1) is 17.2. The van der Waals surface area contributed by atoms with Crippen LogP contribution in [0.3, 0.4) is 0 Å². The summed E-state index contributed by atoms with van der Waals surface area (Å²) in [7, 11) is 1.53. The normalized spacial score (nSPS) is 24.7. The molecule has 0 unspecified atom stereocenters. The lowest BCUT2D eigenvalue weighted by Crippen LogP contribution is -2.44. The van der Waals surface area contributed by atoms with Gasteiger partial charge < -0.3 is 28.8 Å². The summed E-state index contributed by atoms with van der Waals surface area (Å²) in [4.78, 5) is 0. The van der Waals surface area contributed by atoms with Gasteiger partial charge in [0.15, 0.2) is 6.29 Å². The molecule has 3 aromatic rings. The highest BCUT2D eigenvalue weighted by Gasteiger charge is 2.41. The van der Waals surface area contributed by atoms with Gasteiger partial charge in [0, 0.05) is 13.5 Å². The quantitative estimate of drug-likeness (QED) is 0.438. The van der Waals surface area contributed by atoms with E-state index in [2.05, 4.69) is 0 Å². The molecule has 0 spiro atoms. The van der Waals surface area contributed by atoms with Gasteiger partial charge >= 0.3 is 0 Å². The largest absolute Gasteiger partial charge is 0.388 e. The molecule has 0 radical (unpaired) electrons. The van der Waals surface area contributed by atoms with Crippen LogP contribution in [0.15, 0.2) is 91.0 Å². The number of aliphatic hydroxyl groups excluding tert-OH is 1. The summed E-state index contributed by atoms with van der Waals surface area (Å²) in [5.41, 5.74) is 3.17. The fourth-order valence-corrected chi connectivity index (χ4v) is 4.20. The van der Waals surface area contributed by atoms with Crippen molar-refractivity contribution in [2.75, 3.05) is 13.7 Å². The molecule has 6 nitrogen and oxygen atoms in total. The molecule has 1 aliphatic heterocycles. The maximum Gasteiger partial charge on any atom is 0.183 e. The first kappa shape index (κ1) is 25.5. The van der Waals surface area contributed by atoms with Crippen LogP contribution in [-0.4, -0.2) is 49.5 Å². The molecule has 0 saturated carbocycles. The fraction of sp³-hybridized carbons (Fsp3) is 0.379. The second kappa shape index (κ2) is 13.5. The summed E-state index contributed by atoms with van der Waals surface area (Å²) in [6.07, 6.45) is -2.72. The van der Waals surface area contributed by atoms with Gasteiger partial charge in [0.2, 0.25) is 0 Å². The maximum absolute atomic E-state index is 10.8. The number of aliphatic hydroxyl groups is 1. The number of hydrogen-bond acceptors (Lipinski definition) is 6. The van der Waals surface area contributed by atoms with Crippen molar-refractivity contribution in [1.82, 2.24) is 0 Å². The minimum Gasteiger partial charge on any atom is -0.388 e. The molecule has 1 heterocycles. The van der Waals surface area contributed by atoms with Gasteiger partial charge in [0.05, 0.1) is 32.5 Å². The van der Waals surface area contributed by atoms with Crippen LogP contribution in [0.5, 0.6) is 0 Å². The maximum atomic E-state index is 10.8. The molecule has 0 aliphatic carbocycles. The van der Waals surface area contributed by atoms with Gasteiger partial charge in [0.1, 0.15) is 18.3 Å². The van der Waals surface area contributed by atoms with Gasteiger partial charge in [-0.1, -0.05) is 91.0 Å². The molecule has 3 aromatic carbocycles. The Bertz CT molecular complexity index is 968. The lowest BCUT2D eigenvalue weighted by molar-refractivity contribution is -0.225. The second-order valence-corrected chi connectivity index (χ2v) is 8.68. The predicted octanol–water partition coefficient (Wildman–Crippen LogP) is 4.50. The fourth-order valence-electron chi connectivity index (χ4n) is 4.20. The number of rotatable bonds is 11. The number of ether oxygens (including phenoxy) is 5. The molecule has 0 aromatic heterocycles. The minimum atomic E-state index is -0.859. The summed E-state index contributed by atoms with van der Waals surface area (Å²) < 4.78 is 30.4. The lowest BCUT2D eigenvalue weighted by Gasteiger charge is -2.31. The van der Waals surface area contributed by atoms with Gasteiger partial charge in [-0.05, 0) is 16.7 Å². The van der Waals surface area contributed by atoms with E-state index >= 15 is 0 Å². The van der Waals surface area contributed by atoms with Crippen LogP contribution in [0.1, 0.15) is 23.1 Å². The molecule has 0 amide bonds. The zero-order valence-corrected chi connectivity index (χ0v) is 20.1. The third kappa shape index (κ3) is 7.70. The smallest absolute Gasteiger partial charge is 0.183 e. The molecule has 1 aliphatic rings. The van der Waals surface area contributed by atoms with Crippen molar-refractivity contribution in [3.63, 3.8) is 0 Å². The molecular formula is C29H34O6. The molecule has 4 rings (SSSR count). The van der Waals surface area contributed by atoms with Crippen LogP contribution < -0.4 is 0 Å². The predicted molar refractivity (Wildman–Crippen MR) is 132 cm³/mol. The third-order valence-corrected chi connectivity index (χ3v) is 6.05. The Hall–Kier alpha value is -2.58. The van der Waals surface area contributed by atoms with Gasteiger partial charge in [0.25, 0.3) is 0 Å². The Balaban J connectivity index is 1.51. The standard InChI is InChI=1S/C29H34O6/c1-31-29-25(30)17-26(33-19-23-13-7-3-8-14-23)28(34-20-24-15-9-4-10-16-24)27(35-29)21-32-18-22-11-5-2-6-12-22/h2-16,25-30H,17-21H2,1H3/t25-,26+,27+,28-,29-/m0/s1. The average Bonchev–Trinajstić information content (AvgIpc) is 3.03. The first-order valence-corrected chi connectivity index (χ1v) is 12.0. The van der Waals surface area contributed by atoms with E-state index in [1.54, 1.807) is 0 Å². The van der Waals surface area contributed by atoms with Crippen molar-refractivity contribution in [2.45, 2.75) is 56.9 Å². The lowest BCUT2D eigenvalue weighted by atomic mass is 10.0. The Labute approximate surface area is 207 Å². The molecule has 186 valence electrons. The van der Waals surface area contributed by atoms with Crippen molar-refractivity contribution in [2.24, 2.45) is 0 Å². The summed E-state index contributed by atoms with van der Waals surface area (Å²) >= 11 is 0. The van der Waals surface area contributed by atoms with E-state index in [1.165, 1.54) is 7.11 Å². The number of benzene rings is 3. The molecule has 1 fully saturated rings. The van der Waals surface area contributed by atoms with E-state index in [4.69, 9.17) is 23.7 Å². The molecule has 5 atom stereocenters. The van der Waals surface area contributed by atoms with E-state index in [9.17, 15) is 5.11 Å². The van der Waals surface area contributed by atoms with E-state index in [0.29, 0.717) is 26.2 Å². The van der Waals surface area contributed by atoms with Gasteiger partial charge in [-0.2, -0.15) is 0 Å². The Morgan fingerprint density at radius 1 is 0.743 bits per heavy atom. The van der Waals surface area contributed by atoms with Crippen molar-refractivity contribution >= 4 is 0 Å². The molecule has 6 heteroatoms. The summed E-state index contributed by atoms with van der Waals surface area (Å²) in [5.74, 6) is 0. The highest BCUT2D eigenvalue weighted by Crippen LogP contribution is 2.27. The van der Waals surface area contributed by atoms with Crippen LogP contribution in [0.25, 0.3) is 0 Å². The average molecular weight is 479 g/mol. The Morgan fingerprint density at radius 2 is 1.26 bits per heavy atom. The topological polar surface area (TPSA) is 66.4 Å². The molecular weight excluding hydrogens is 444 g/mol. The highest BCUT2D eigenvalue weighted by molar-refractivity contribution is 5.15. The highest BCUT2D eigenvalue weighted by atomic mass is 16.7. The van der Waals surface area contributed by atoms with Gasteiger partial charge in [-0.15, -0.1) is 0 Å². The van der Waals surface area contributed by atoms with E-state index < -0.39 is 30.7 Å². The van der Waals surface area contributed by atoms with Crippen LogP contribution >= 0.6 is 0 Å². The summed E-state index contributed by atoms with van der Waals surface area (Å²) in [6.45, 7) is 1.51. The van der Waals surface area contributed by atoms with Gasteiger partial charge in [-0.3, -0.25) is 0 Å². The van der Waals surface area contributed by atoms with Crippen molar-refractivity contribution in [3.8, 4) is 0 Å². The molecule has 1 saturated heterocycles. The first-order valence-electron chi connectivity index (χ1n) is 12.0. The van der Waals surface area contributed by atoms with Crippen molar-refractivity contribution in [3.05, 3.63) is 108 Å². The third-order valence-electron chi connectivity index (χ3n) is 6.05. The van der Waals surface area contributed by atoms with E-state index in [0.717, 1.165) is 16.7 Å². The second-order valence-electron chi connectivity index (χ2n) is 8.68. The number of hydrogen-bond donors (Lipinski definition) is 1. The SMILES string of the molecule is CO[C@H]1O[C@H](COCc2ccccc2)[C@@H](OCc2ccccc2)[C@H](OCc2ccccc2)C[C@@H]1O. The number of methoxy groups -OCH3 is 1. The Morgan fingerprint density at radius 3 is 1.80 bits per heavy atom. The molecule has 35 heavy (non-hydrogen) atoms. The van der Waals surface area contributed by atoms with Crippen LogP contribution in [0, 0.1) is 0 Å². The van der Waals surface area contributed by atoms with Gasteiger partial charge in [-0.25, -0.2) is 0 Å². The summed E-state index contributed by atoms with van der Waals surface area (Å²) in [5, 5.41) is 10.8. The molecule has 1 N–H and O–H groups in total. The summed E-state index contributed by atoms with van der Waals surface area (Å²) in [6, 6.07) is 29.9. The van der Waals surface area contributed by atoms with E-state index in [-0.39, 0.29) is 6.61 Å². The Kier molecular flexibility index (Phi) is 9.84. The zero-order valence-electron chi connectivity index (χ0n) is 20.1.